The zero-order valence-corrected chi connectivity index (χ0v) is 16.8. The fourth-order valence-corrected chi connectivity index (χ4v) is 3.75. The van der Waals surface area contributed by atoms with Gasteiger partial charge in [0.2, 0.25) is 5.91 Å². The number of aryl methyl sites for hydroxylation is 1. The Hall–Kier alpha value is -2.15. The van der Waals surface area contributed by atoms with Crippen LogP contribution in [-0.2, 0) is 4.79 Å². The van der Waals surface area contributed by atoms with Crippen LogP contribution in [-0.4, -0.2) is 52.7 Å². The highest BCUT2D eigenvalue weighted by Gasteiger charge is 2.22. The highest BCUT2D eigenvalue weighted by Crippen LogP contribution is 2.21. The number of carbonyl (C=O) groups is 1. The van der Waals surface area contributed by atoms with Crippen molar-refractivity contribution in [3.8, 4) is 0 Å². The summed E-state index contributed by atoms with van der Waals surface area (Å²) in [6, 6.07) is 8.25. The zero-order chi connectivity index (χ0) is 19.4. The summed E-state index contributed by atoms with van der Waals surface area (Å²) in [5.41, 5.74) is 0.970. The van der Waals surface area contributed by atoms with E-state index in [0.29, 0.717) is 18.8 Å². The first-order valence-corrected chi connectivity index (χ1v) is 10.2. The molecule has 3 rings (SSSR count). The molecule has 1 amide bonds. The van der Waals surface area contributed by atoms with Gasteiger partial charge in [-0.2, -0.15) is 0 Å². The molecule has 0 atom stereocenters. The molecule has 1 saturated heterocycles. The largest absolute Gasteiger partial charge is 0.353 e. The van der Waals surface area contributed by atoms with Crippen LogP contribution >= 0.6 is 11.8 Å². The fourth-order valence-electron chi connectivity index (χ4n) is 2.95. The Bertz CT molecular complexity index is 789. The summed E-state index contributed by atoms with van der Waals surface area (Å²) in [6.07, 6.45) is 0. The minimum atomic E-state index is -0.262. The van der Waals surface area contributed by atoms with Crippen molar-refractivity contribution in [1.82, 2.24) is 14.9 Å². The van der Waals surface area contributed by atoms with Crippen molar-refractivity contribution in [2.24, 2.45) is 0 Å². The van der Waals surface area contributed by atoms with Crippen LogP contribution in [0.3, 0.4) is 0 Å². The van der Waals surface area contributed by atoms with Crippen LogP contribution in [0.15, 0.2) is 35.2 Å². The summed E-state index contributed by atoms with van der Waals surface area (Å²) in [4.78, 5) is 26.7. The van der Waals surface area contributed by atoms with Gasteiger partial charge in [-0.1, -0.05) is 13.8 Å². The molecule has 1 aliphatic heterocycles. The van der Waals surface area contributed by atoms with Gasteiger partial charge in [0.15, 0.2) is 0 Å². The van der Waals surface area contributed by atoms with Crippen LogP contribution in [0.2, 0.25) is 0 Å². The second kappa shape index (κ2) is 8.69. The molecule has 0 unspecified atom stereocenters. The van der Waals surface area contributed by atoms with E-state index in [1.54, 1.807) is 12.1 Å². The first-order valence-electron chi connectivity index (χ1n) is 9.19. The predicted molar refractivity (Wildman–Crippen MR) is 107 cm³/mol. The number of anilines is 1. The number of benzene rings is 1. The third kappa shape index (κ3) is 5.19. The summed E-state index contributed by atoms with van der Waals surface area (Å²) in [5, 5.41) is 0. The summed E-state index contributed by atoms with van der Waals surface area (Å²) in [7, 11) is 0. The lowest BCUT2D eigenvalue weighted by atomic mass is 10.2. The Morgan fingerprint density at radius 3 is 2.44 bits per heavy atom. The first-order chi connectivity index (χ1) is 12.9. The second-order valence-corrected chi connectivity index (χ2v) is 8.04. The van der Waals surface area contributed by atoms with Crippen LogP contribution in [0.25, 0.3) is 0 Å². The molecular weight excluding hydrogens is 363 g/mol. The van der Waals surface area contributed by atoms with E-state index >= 15 is 0 Å². The van der Waals surface area contributed by atoms with Crippen molar-refractivity contribution in [1.29, 1.82) is 0 Å². The molecule has 2 aromatic rings. The van der Waals surface area contributed by atoms with E-state index in [1.807, 2.05) is 17.9 Å². The van der Waals surface area contributed by atoms with E-state index in [4.69, 9.17) is 0 Å². The topological polar surface area (TPSA) is 49.3 Å². The van der Waals surface area contributed by atoms with E-state index in [9.17, 15) is 9.18 Å². The molecule has 144 valence electrons. The smallest absolute Gasteiger partial charge is 0.233 e. The van der Waals surface area contributed by atoms with Gasteiger partial charge >= 0.3 is 0 Å². The molecule has 0 aliphatic carbocycles. The molecule has 0 radical (unpaired) electrons. The van der Waals surface area contributed by atoms with E-state index < -0.39 is 0 Å². The Morgan fingerprint density at radius 1 is 1.15 bits per heavy atom. The summed E-state index contributed by atoms with van der Waals surface area (Å²) in [6.45, 7) is 9.07. The molecule has 0 N–H and O–H groups in total. The Kier molecular flexibility index (Phi) is 6.31. The van der Waals surface area contributed by atoms with Crippen LogP contribution in [0.1, 0.15) is 31.3 Å². The van der Waals surface area contributed by atoms with Gasteiger partial charge in [0, 0.05) is 48.8 Å². The predicted octanol–water partition coefficient (Wildman–Crippen LogP) is 3.49. The van der Waals surface area contributed by atoms with Crippen molar-refractivity contribution in [2.75, 3.05) is 36.8 Å². The highest BCUT2D eigenvalue weighted by atomic mass is 32.2. The molecule has 1 aromatic carbocycles. The Morgan fingerprint density at radius 2 is 1.81 bits per heavy atom. The standard InChI is InChI=1S/C20H25FN4OS/c1-14(2)20-22-15(3)12-18(23-20)24-8-10-25(11-9-24)19(26)13-27-17-6-4-16(21)5-7-17/h4-7,12,14H,8-11,13H2,1-3H3. The third-order valence-electron chi connectivity index (χ3n) is 4.51. The van der Waals surface area contributed by atoms with Crippen LogP contribution in [0.5, 0.6) is 0 Å². The van der Waals surface area contributed by atoms with Gasteiger partial charge in [-0.05, 0) is 31.2 Å². The number of halogens is 1. The number of nitrogens with zero attached hydrogens (tertiary/aromatic N) is 4. The lowest BCUT2D eigenvalue weighted by Crippen LogP contribution is -2.49. The molecule has 2 heterocycles. The normalized spacial score (nSPS) is 14.7. The van der Waals surface area contributed by atoms with Crippen molar-refractivity contribution in [3.63, 3.8) is 0 Å². The fraction of sp³-hybridized carbons (Fsp3) is 0.450. The molecule has 7 heteroatoms. The summed E-state index contributed by atoms with van der Waals surface area (Å²) < 4.78 is 12.9. The highest BCUT2D eigenvalue weighted by molar-refractivity contribution is 8.00. The molecular formula is C20H25FN4OS. The monoisotopic (exact) mass is 388 g/mol. The summed E-state index contributed by atoms with van der Waals surface area (Å²) in [5.74, 6) is 2.32. The van der Waals surface area contributed by atoms with Crippen LogP contribution in [0.4, 0.5) is 10.2 Å². The number of hydrogen-bond acceptors (Lipinski definition) is 5. The van der Waals surface area contributed by atoms with Gasteiger partial charge in [-0.3, -0.25) is 4.79 Å². The number of rotatable bonds is 5. The number of piperazine rings is 1. The second-order valence-electron chi connectivity index (χ2n) is 6.99. The van der Waals surface area contributed by atoms with E-state index in [0.717, 1.165) is 35.3 Å². The minimum absolute atomic E-state index is 0.116. The maximum absolute atomic E-state index is 12.9. The average molecular weight is 389 g/mol. The quantitative estimate of drug-likeness (QED) is 0.734. The number of amides is 1. The lowest BCUT2D eigenvalue weighted by Gasteiger charge is -2.35. The lowest BCUT2D eigenvalue weighted by molar-refractivity contribution is -0.128. The third-order valence-corrected chi connectivity index (χ3v) is 5.50. The van der Waals surface area contributed by atoms with Crippen LogP contribution in [0, 0.1) is 12.7 Å². The van der Waals surface area contributed by atoms with Crippen LogP contribution < -0.4 is 4.90 Å². The molecule has 1 aromatic heterocycles. The van der Waals surface area contributed by atoms with Gasteiger partial charge in [-0.15, -0.1) is 11.8 Å². The molecule has 1 fully saturated rings. The van der Waals surface area contributed by atoms with Gasteiger partial charge in [-0.25, -0.2) is 14.4 Å². The summed E-state index contributed by atoms with van der Waals surface area (Å²) >= 11 is 1.44. The van der Waals surface area contributed by atoms with Crippen molar-refractivity contribution >= 4 is 23.5 Å². The van der Waals surface area contributed by atoms with Gasteiger partial charge in [0.25, 0.3) is 0 Å². The Labute approximate surface area is 164 Å². The molecule has 5 nitrogen and oxygen atoms in total. The minimum Gasteiger partial charge on any atom is -0.353 e. The molecule has 0 saturated carbocycles. The van der Waals surface area contributed by atoms with E-state index in [1.165, 1.54) is 23.9 Å². The number of thioether (sulfide) groups is 1. The number of carbonyl (C=O) groups excluding carboxylic acids is 1. The SMILES string of the molecule is Cc1cc(N2CCN(C(=O)CSc3ccc(F)cc3)CC2)nc(C(C)C)n1. The van der Waals surface area contributed by atoms with Crippen molar-refractivity contribution in [2.45, 2.75) is 31.6 Å². The van der Waals surface area contributed by atoms with Crippen molar-refractivity contribution in [3.05, 3.63) is 47.7 Å². The van der Waals surface area contributed by atoms with Crippen molar-refractivity contribution < 1.29 is 9.18 Å². The first kappa shape index (κ1) is 19.6. The maximum Gasteiger partial charge on any atom is 0.233 e. The Balaban J connectivity index is 1.54. The number of aromatic nitrogens is 2. The molecule has 0 bridgehead atoms. The zero-order valence-electron chi connectivity index (χ0n) is 16.0. The molecule has 1 aliphatic rings. The van der Waals surface area contributed by atoms with Gasteiger partial charge in [0.1, 0.15) is 17.5 Å². The van der Waals surface area contributed by atoms with E-state index in [-0.39, 0.29) is 17.6 Å². The average Bonchev–Trinajstić information content (AvgIpc) is 2.67. The maximum atomic E-state index is 12.9. The van der Waals surface area contributed by atoms with Gasteiger partial charge < -0.3 is 9.80 Å². The van der Waals surface area contributed by atoms with E-state index in [2.05, 4.69) is 28.7 Å². The molecule has 27 heavy (non-hydrogen) atoms. The van der Waals surface area contributed by atoms with Gasteiger partial charge in [0.05, 0.1) is 5.75 Å². The molecule has 0 spiro atoms. The number of hydrogen-bond donors (Lipinski definition) is 0.